The minimum absolute atomic E-state index is 0. The van der Waals surface area contributed by atoms with Crippen LogP contribution in [0.15, 0.2) is 29.2 Å². The number of alkyl halides is 3. The monoisotopic (exact) mass is 250 g/mol. The quantitative estimate of drug-likeness (QED) is 0.396. The van der Waals surface area contributed by atoms with Crippen molar-refractivity contribution in [2.24, 2.45) is 0 Å². The van der Waals surface area contributed by atoms with Crippen LogP contribution in [0.2, 0.25) is 0 Å². The zero-order chi connectivity index (χ0) is 8.48. The van der Waals surface area contributed by atoms with E-state index < -0.39 is 3.79 Å². The van der Waals surface area contributed by atoms with Crippen LogP contribution in [0.3, 0.4) is 0 Å². The van der Waals surface area contributed by atoms with Crippen LogP contribution in [0, 0.1) is 0 Å². The summed E-state index contributed by atoms with van der Waals surface area (Å²) in [6.45, 7) is 0. The summed E-state index contributed by atoms with van der Waals surface area (Å²) in [4.78, 5) is 0.688. The molecule has 0 fully saturated rings. The summed E-state index contributed by atoms with van der Waals surface area (Å²) in [6, 6.07) is 7.15. The molecule has 0 amide bonds. The van der Waals surface area contributed by atoms with Gasteiger partial charge in [-0.05, 0) is 6.07 Å². The van der Waals surface area contributed by atoms with Crippen LogP contribution in [0.1, 0.15) is 6.99 Å². The maximum absolute atomic E-state index is 5.65. The molecule has 0 heterocycles. The molecule has 0 saturated carbocycles. The van der Waals surface area contributed by atoms with Gasteiger partial charge in [0.15, 0.2) is 0 Å². The zero-order valence-electron chi connectivity index (χ0n) is 7.39. The molecule has 12 heavy (non-hydrogen) atoms. The normalized spacial score (nSPS) is 10.7. The molecular formula is C7H6Cl3NaS. The third-order valence-electron chi connectivity index (χ3n) is 1.21. The molecule has 0 saturated heterocycles. The summed E-state index contributed by atoms with van der Waals surface area (Å²) in [6.07, 6.45) is 0. The minimum Gasteiger partial charge on any atom is -1.00 e. The van der Waals surface area contributed by atoms with Crippen LogP contribution >= 0.6 is 47.4 Å². The second-order valence-corrected chi connectivity index (χ2v) is 4.78. The first-order valence-corrected chi connectivity index (χ1v) is 4.45. The van der Waals surface area contributed by atoms with Crippen LogP contribution in [-0.2, 0) is 3.79 Å². The fraction of sp³-hybridized carbons (Fsp3) is 0.143. The van der Waals surface area contributed by atoms with Crippen molar-refractivity contribution in [1.29, 1.82) is 0 Å². The van der Waals surface area contributed by atoms with Crippen molar-refractivity contribution in [3.63, 3.8) is 0 Å². The Kier molecular flexibility index (Phi) is 6.00. The van der Waals surface area contributed by atoms with Gasteiger partial charge >= 0.3 is 29.6 Å². The van der Waals surface area contributed by atoms with E-state index >= 15 is 0 Å². The largest absolute Gasteiger partial charge is 1.00 e. The minimum atomic E-state index is -1.38. The molecule has 0 spiro atoms. The number of thiol groups is 1. The van der Waals surface area contributed by atoms with Crippen LogP contribution < -0.4 is 29.6 Å². The molecule has 62 valence electrons. The molecule has 0 atom stereocenters. The topological polar surface area (TPSA) is 0 Å². The summed E-state index contributed by atoms with van der Waals surface area (Å²) < 4.78 is -1.38. The molecule has 1 aromatic rings. The van der Waals surface area contributed by atoms with E-state index in [9.17, 15) is 0 Å². The third kappa shape index (κ3) is 3.67. The van der Waals surface area contributed by atoms with Gasteiger partial charge in [0.05, 0.1) is 0 Å². The van der Waals surface area contributed by atoms with Gasteiger partial charge in [0, 0.05) is 10.5 Å². The first-order chi connectivity index (χ1) is 5.02. The molecule has 0 aromatic heterocycles. The van der Waals surface area contributed by atoms with Crippen molar-refractivity contribution in [3.8, 4) is 0 Å². The van der Waals surface area contributed by atoms with Crippen LogP contribution in [0.5, 0.6) is 0 Å². The van der Waals surface area contributed by atoms with Crippen molar-refractivity contribution < 1.29 is 31.0 Å². The number of halogens is 3. The Morgan fingerprint density at radius 1 is 1.17 bits per heavy atom. The molecular weight excluding hydrogens is 245 g/mol. The predicted octanol–water partition coefficient (Wildman–Crippen LogP) is 0.918. The van der Waals surface area contributed by atoms with E-state index in [1.807, 2.05) is 6.07 Å². The molecule has 0 nitrogen and oxygen atoms in total. The Morgan fingerprint density at radius 3 is 2.00 bits per heavy atom. The summed E-state index contributed by atoms with van der Waals surface area (Å²) in [7, 11) is 0. The molecule has 0 aliphatic heterocycles. The van der Waals surface area contributed by atoms with Crippen molar-refractivity contribution in [2.75, 3.05) is 0 Å². The van der Waals surface area contributed by atoms with Gasteiger partial charge in [0.1, 0.15) is 0 Å². The van der Waals surface area contributed by atoms with Crippen LogP contribution in [0.25, 0.3) is 0 Å². The van der Waals surface area contributed by atoms with Crippen molar-refractivity contribution in [3.05, 3.63) is 29.8 Å². The fourth-order valence-electron chi connectivity index (χ4n) is 0.713. The number of hydrogen-bond acceptors (Lipinski definition) is 1. The van der Waals surface area contributed by atoms with Crippen molar-refractivity contribution in [1.82, 2.24) is 0 Å². The van der Waals surface area contributed by atoms with E-state index in [1.165, 1.54) is 0 Å². The molecule has 0 aliphatic carbocycles. The molecule has 1 rings (SSSR count). The summed E-state index contributed by atoms with van der Waals surface area (Å²) in [5.41, 5.74) is 0.605. The van der Waals surface area contributed by atoms with Gasteiger partial charge in [-0.1, -0.05) is 53.0 Å². The second kappa shape index (κ2) is 5.35. The first-order valence-electron chi connectivity index (χ1n) is 2.87. The maximum atomic E-state index is 5.65. The number of hydrogen-bond donors (Lipinski definition) is 1. The average molecular weight is 252 g/mol. The van der Waals surface area contributed by atoms with E-state index in [1.54, 1.807) is 18.2 Å². The molecule has 0 bridgehead atoms. The SMILES string of the molecule is Sc1ccccc1C(Cl)(Cl)Cl.[H-].[Na+]. The molecule has 1 aromatic carbocycles. The van der Waals surface area contributed by atoms with Gasteiger partial charge in [-0.2, -0.15) is 0 Å². The maximum Gasteiger partial charge on any atom is 1.00 e. The smallest absolute Gasteiger partial charge is 1.00 e. The second-order valence-electron chi connectivity index (χ2n) is 2.01. The van der Waals surface area contributed by atoms with Gasteiger partial charge in [-0.3, -0.25) is 0 Å². The zero-order valence-corrected chi connectivity index (χ0v) is 11.6. The van der Waals surface area contributed by atoms with Crippen molar-refractivity contribution >= 4 is 47.4 Å². The van der Waals surface area contributed by atoms with E-state index in [-0.39, 0.29) is 31.0 Å². The summed E-state index contributed by atoms with van der Waals surface area (Å²) in [5, 5.41) is 0. The van der Waals surface area contributed by atoms with Gasteiger partial charge < -0.3 is 1.43 Å². The van der Waals surface area contributed by atoms with Crippen molar-refractivity contribution in [2.45, 2.75) is 8.69 Å². The van der Waals surface area contributed by atoms with E-state index in [0.717, 1.165) is 0 Å². The first kappa shape index (κ1) is 13.4. The van der Waals surface area contributed by atoms with Gasteiger partial charge in [0.2, 0.25) is 3.79 Å². The van der Waals surface area contributed by atoms with Gasteiger partial charge in [-0.15, -0.1) is 12.6 Å². The molecule has 5 heteroatoms. The fourth-order valence-corrected chi connectivity index (χ4v) is 1.73. The van der Waals surface area contributed by atoms with E-state index in [2.05, 4.69) is 12.6 Å². The number of benzene rings is 1. The third-order valence-corrected chi connectivity index (χ3v) is 2.21. The molecule has 0 N–H and O–H groups in total. The summed E-state index contributed by atoms with van der Waals surface area (Å²) >= 11 is 21.1. The Bertz CT molecular complexity index is 264. The molecule has 0 unspecified atom stereocenters. The molecule has 0 radical (unpaired) electrons. The predicted molar refractivity (Wildman–Crippen MR) is 54.0 cm³/mol. The Balaban J connectivity index is 0. The van der Waals surface area contributed by atoms with E-state index in [0.29, 0.717) is 10.5 Å². The Hall–Kier alpha value is 1.44. The van der Waals surface area contributed by atoms with Crippen LogP contribution in [-0.4, -0.2) is 0 Å². The Labute approximate surface area is 116 Å². The summed E-state index contributed by atoms with van der Waals surface area (Å²) in [5.74, 6) is 0. The standard InChI is InChI=1S/C7H5Cl3S.Na.H/c8-7(9,10)5-3-1-2-4-6(5)11;;/h1-4,11H;;/q;+1;-1. The Morgan fingerprint density at radius 2 is 1.67 bits per heavy atom. The van der Waals surface area contributed by atoms with E-state index in [4.69, 9.17) is 34.8 Å². The molecule has 0 aliphatic rings. The van der Waals surface area contributed by atoms with Gasteiger partial charge in [-0.25, -0.2) is 0 Å². The number of rotatable bonds is 0. The van der Waals surface area contributed by atoms with Gasteiger partial charge in [0.25, 0.3) is 0 Å². The van der Waals surface area contributed by atoms with Crippen LogP contribution in [0.4, 0.5) is 0 Å². The average Bonchev–Trinajstić information content (AvgIpc) is 1.86.